The summed E-state index contributed by atoms with van der Waals surface area (Å²) in [5.74, 6) is 2.33. The second-order valence-corrected chi connectivity index (χ2v) is 16.8. The van der Waals surface area contributed by atoms with Crippen LogP contribution in [0, 0.1) is 40.4 Å². The zero-order valence-corrected chi connectivity index (χ0v) is 26.8. The van der Waals surface area contributed by atoms with Crippen LogP contribution in [0.15, 0.2) is 65.6 Å². The van der Waals surface area contributed by atoms with Crippen LogP contribution in [0.5, 0.6) is 0 Å². The number of aliphatic hydroxyl groups is 1. The summed E-state index contributed by atoms with van der Waals surface area (Å²) in [6, 6.07) is 20.4. The Kier molecular flexibility index (Phi) is 7.13. The van der Waals surface area contributed by atoms with Gasteiger partial charge in [0.25, 0.3) is 0 Å². The summed E-state index contributed by atoms with van der Waals surface area (Å²) < 4.78 is 26.7. The second-order valence-electron chi connectivity index (χ2n) is 15.1. The van der Waals surface area contributed by atoms with Crippen LogP contribution in [0.3, 0.4) is 0 Å². The molecular weight excluding hydrogens is 540 g/mol. The Morgan fingerprint density at radius 1 is 0.833 bits per heavy atom. The summed E-state index contributed by atoms with van der Waals surface area (Å²) in [7, 11) is -1.41. The van der Waals surface area contributed by atoms with Crippen LogP contribution in [-0.4, -0.2) is 33.9 Å². The third-order valence-corrected chi connectivity index (χ3v) is 15.7. The van der Waals surface area contributed by atoms with Crippen molar-refractivity contribution in [3.63, 3.8) is 0 Å². The van der Waals surface area contributed by atoms with Crippen molar-refractivity contribution < 1.29 is 18.8 Å². The molecule has 42 heavy (non-hydrogen) atoms. The van der Waals surface area contributed by atoms with E-state index < -0.39 is 26.9 Å². The highest BCUT2D eigenvalue weighted by Crippen LogP contribution is 2.72. The maximum Gasteiger partial charge on any atom is 0.169 e. The third kappa shape index (κ3) is 3.98. The Labute approximate surface area is 255 Å². The fourth-order valence-corrected chi connectivity index (χ4v) is 13.8. The Morgan fingerprint density at radius 3 is 2.14 bits per heavy atom. The van der Waals surface area contributed by atoms with E-state index in [1.54, 1.807) is 0 Å². The Bertz CT molecular complexity index is 1310. The van der Waals surface area contributed by atoms with Crippen LogP contribution in [0.25, 0.3) is 0 Å². The summed E-state index contributed by atoms with van der Waals surface area (Å²) in [4.78, 5) is 0.822. The predicted molar refractivity (Wildman–Crippen MR) is 167 cm³/mol. The van der Waals surface area contributed by atoms with E-state index in [2.05, 4.69) is 52.0 Å². The van der Waals surface area contributed by atoms with Crippen LogP contribution < -0.4 is 0 Å². The van der Waals surface area contributed by atoms with Gasteiger partial charge in [-0.15, -0.1) is 0 Å². The van der Waals surface area contributed by atoms with Crippen LogP contribution in [0.4, 0.5) is 0 Å². The summed E-state index contributed by atoms with van der Waals surface area (Å²) in [5.41, 5.74) is 0.225. The van der Waals surface area contributed by atoms with Crippen LogP contribution in [0.2, 0.25) is 0 Å². The lowest BCUT2D eigenvalue weighted by Crippen LogP contribution is -2.66. The predicted octanol–water partition coefficient (Wildman–Crippen LogP) is 7.86. The molecule has 0 aromatic heterocycles. The van der Waals surface area contributed by atoms with E-state index in [9.17, 15) is 5.11 Å². The average molecular weight is 591 g/mol. The number of rotatable bonds is 5. The van der Waals surface area contributed by atoms with Crippen molar-refractivity contribution >= 4 is 10.8 Å². The molecule has 0 amide bonds. The van der Waals surface area contributed by atoms with Gasteiger partial charge in [0.1, 0.15) is 4.75 Å². The molecule has 5 fully saturated rings. The zero-order valence-electron chi connectivity index (χ0n) is 26.0. The molecule has 4 saturated carbocycles. The highest BCUT2D eigenvalue weighted by molar-refractivity contribution is 7.86. The van der Waals surface area contributed by atoms with E-state index in [4.69, 9.17) is 9.47 Å². The van der Waals surface area contributed by atoms with Crippen LogP contribution >= 0.6 is 0 Å². The molecule has 228 valence electrons. The normalized spacial score (nSPS) is 45.0. The largest absolute Gasteiger partial charge is 0.388 e. The molecule has 1 aliphatic heterocycles. The highest BCUT2D eigenvalue weighted by Gasteiger charge is 2.69. The van der Waals surface area contributed by atoms with Gasteiger partial charge < -0.3 is 14.6 Å². The van der Waals surface area contributed by atoms with E-state index in [-0.39, 0.29) is 10.8 Å². The zero-order chi connectivity index (χ0) is 29.4. The molecule has 5 aliphatic rings. The molecule has 0 bridgehead atoms. The minimum atomic E-state index is -1.41. The number of hydrogen-bond acceptors (Lipinski definition) is 4. The molecule has 4 aliphatic carbocycles. The molecule has 2 unspecified atom stereocenters. The van der Waals surface area contributed by atoms with Crippen molar-refractivity contribution in [3.8, 4) is 0 Å². The van der Waals surface area contributed by atoms with Crippen molar-refractivity contribution in [2.45, 2.75) is 107 Å². The molecule has 1 N–H and O–H groups in total. The lowest BCUT2D eigenvalue weighted by Gasteiger charge is -2.66. The minimum absolute atomic E-state index is 0.00821. The van der Waals surface area contributed by atoms with Crippen molar-refractivity contribution in [3.05, 3.63) is 66.2 Å². The van der Waals surface area contributed by atoms with Crippen molar-refractivity contribution in [1.82, 2.24) is 0 Å². The van der Waals surface area contributed by atoms with Gasteiger partial charge in [0.15, 0.2) is 5.79 Å². The molecule has 7 rings (SSSR count). The number of fused-ring (bicyclic) bond motifs is 5. The van der Waals surface area contributed by atoms with Crippen LogP contribution in [-0.2, 0) is 25.0 Å². The Morgan fingerprint density at radius 2 is 1.48 bits per heavy atom. The second kappa shape index (κ2) is 10.3. The molecule has 10 atom stereocenters. The number of ether oxygens (including phenoxy) is 2. The Hall–Kier alpha value is -1.53. The molecule has 5 heteroatoms. The van der Waals surface area contributed by atoms with E-state index in [0.717, 1.165) is 29.7 Å². The van der Waals surface area contributed by atoms with Gasteiger partial charge in [0, 0.05) is 10.8 Å². The first-order valence-electron chi connectivity index (χ1n) is 16.6. The van der Waals surface area contributed by atoms with Gasteiger partial charge in [0.05, 0.1) is 29.6 Å². The first-order chi connectivity index (χ1) is 20.1. The third-order valence-electron chi connectivity index (χ3n) is 13.6. The van der Waals surface area contributed by atoms with E-state index >= 15 is 4.21 Å². The molecule has 1 heterocycles. The smallest absolute Gasteiger partial charge is 0.169 e. The lowest BCUT2D eigenvalue weighted by atomic mass is 9.42. The monoisotopic (exact) mass is 590 g/mol. The van der Waals surface area contributed by atoms with Gasteiger partial charge in [-0.25, -0.2) is 0 Å². The quantitative estimate of drug-likeness (QED) is 0.385. The fraction of sp³-hybridized carbons (Fsp3) is 0.676. The molecule has 2 aromatic carbocycles. The summed E-state index contributed by atoms with van der Waals surface area (Å²) in [6.07, 6.45) is 9.33. The summed E-state index contributed by atoms with van der Waals surface area (Å²) in [5, 5.41) is 12.8. The SMILES string of the molecule is CC[C@]1(O)C[C@@H]2CC[C@@H]3[C@H](CC[C@]4(C)[C@@H](C5(C)OCCO5)CC[C@@H]34)[C@@]2(C)CC1(c1ccccc1)S(=O)c1ccccc1. The van der Waals surface area contributed by atoms with Gasteiger partial charge in [0.2, 0.25) is 0 Å². The lowest BCUT2D eigenvalue weighted by molar-refractivity contribution is -0.222. The number of hydrogen-bond donors (Lipinski definition) is 1. The van der Waals surface area contributed by atoms with Gasteiger partial charge >= 0.3 is 0 Å². The summed E-state index contributed by atoms with van der Waals surface area (Å²) in [6.45, 7) is 10.8. The molecule has 2 aromatic rings. The maximum atomic E-state index is 15.1. The van der Waals surface area contributed by atoms with E-state index in [1.807, 2.05) is 36.4 Å². The van der Waals surface area contributed by atoms with Gasteiger partial charge in [-0.05, 0) is 117 Å². The van der Waals surface area contributed by atoms with E-state index in [0.29, 0.717) is 49.2 Å². The number of benzene rings is 2. The fourth-order valence-electron chi connectivity index (χ4n) is 11.6. The first-order valence-corrected chi connectivity index (χ1v) is 17.8. The van der Waals surface area contributed by atoms with E-state index in [1.165, 1.54) is 32.1 Å². The average Bonchev–Trinajstić information content (AvgIpc) is 3.61. The molecule has 1 saturated heterocycles. The Balaban J connectivity index is 1.30. The summed E-state index contributed by atoms with van der Waals surface area (Å²) >= 11 is 0. The molecular formula is C37H50O4S. The van der Waals surface area contributed by atoms with Crippen LogP contribution in [0.1, 0.15) is 91.0 Å². The van der Waals surface area contributed by atoms with Crippen molar-refractivity contribution in [1.29, 1.82) is 0 Å². The van der Waals surface area contributed by atoms with Crippen molar-refractivity contribution in [2.75, 3.05) is 13.2 Å². The van der Waals surface area contributed by atoms with Gasteiger partial charge in [-0.1, -0.05) is 69.3 Å². The standard InChI is InChI=1S/C37H50O4S/c1-5-36(38)24-27-16-17-29-30-18-19-32(35(4)40-22-23-41-35)33(30,2)21-20-31(29)34(27,3)25-37(36,26-12-8-6-9-13-26)42(39)28-14-10-7-11-15-28/h6-15,27,29-32,38H,5,16-25H2,1-4H3/t27-,29-,30-,31-,32-,33-,34-,36-,37?,42?/m0/s1. The van der Waals surface area contributed by atoms with Crippen molar-refractivity contribution in [2.24, 2.45) is 40.4 Å². The molecule has 0 radical (unpaired) electrons. The topological polar surface area (TPSA) is 55.8 Å². The molecule has 0 spiro atoms. The van der Waals surface area contributed by atoms with Gasteiger partial charge in [-0.2, -0.15) is 0 Å². The first kappa shape index (κ1) is 29.2. The minimum Gasteiger partial charge on any atom is -0.388 e. The maximum absolute atomic E-state index is 15.1. The molecule has 4 nitrogen and oxygen atoms in total. The highest BCUT2D eigenvalue weighted by atomic mass is 32.2. The van der Waals surface area contributed by atoms with Gasteiger partial charge in [-0.3, -0.25) is 4.21 Å².